The van der Waals surface area contributed by atoms with Crippen LogP contribution in [0.4, 0.5) is 0 Å². The van der Waals surface area contributed by atoms with Crippen molar-refractivity contribution in [2.24, 2.45) is 5.41 Å². The normalized spacial score (nSPS) is 19.1. The van der Waals surface area contributed by atoms with E-state index in [0.717, 1.165) is 11.3 Å². The van der Waals surface area contributed by atoms with E-state index in [0.29, 0.717) is 6.42 Å². The molecule has 0 aromatic heterocycles. The first-order valence-corrected chi connectivity index (χ1v) is 5.41. The lowest BCUT2D eigenvalue weighted by Crippen LogP contribution is -2.40. The molecule has 0 amide bonds. The van der Waals surface area contributed by atoms with E-state index < -0.39 is 11.4 Å². The zero-order chi connectivity index (χ0) is 11.9. The van der Waals surface area contributed by atoms with Gasteiger partial charge in [-0.3, -0.25) is 4.79 Å². The molecular formula is C13H16O3. The monoisotopic (exact) mass is 220 g/mol. The van der Waals surface area contributed by atoms with Crippen molar-refractivity contribution in [2.45, 2.75) is 33.3 Å². The Bertz CT molecular complexity index is 435. The van der Waals surface area contributed by atoms with Crippen LogP contribution in [0, 0.1) is 12.3 Å². The first-order valence-electron chi connectivity index (χ1n) is 5.41. The van der Waals surface area contributed by atoms with Crippen LogP contribution in [0.15, 0.2) is 18.2 Å². The summed E-state index contributed by atoms with van der Waals surface area (Å²) in [4.78, 5) is 11.1. The molecule has 1 aliphatic rings. The molecule has 3 heteroatoms. The van der Waals surface area contributed by atoms with Crippen LogP contribution in [-0.2, 0) is 11.2 Å². The van der Waals surface area contributed by atoms with E-state index in [1.54, 1.807) is 13.8 Å². The molecule has 1 heterocycles. The molecule has 3 nitrogen and oxygen atoms in total. The van der Waals surface area contributed by atoms with Crippen molar-refractivity contribution in [1.29, 1.82) is 0 Å². The first kappa shape index (κ1) is 11.0. The van der Waals surface area contributed by atoms with E-state index in [2.05, 4.69) is 6.07 Å². The van der Waals surface area contributed by atoms with Gasteiger partial charge in [-0.15, -0.1) is 0 Å². The van der Waals surface area contributed by atoms with Crippen LogP contribution in [0.2, 0.25) is 0 Å². The number of carboxylic acids is 1. The second-order valence-corrected chi connectivity index (χ2v) is 4.95. The van der Waals surface area contributed by atoms with Crippen molar-refractivity contribution >= 4 is 5.97 Å². The molecule has 1 atom stereocenters. The number of fused-ring (bicyclic) bond motifs is 1. The first-order chi connectivity index (χ1) is 7.41. The molecule has 1 aromatic rings. The minimum absolute atomic E-state index is 0.276. The summed E-state index contributed by atoms with van der Waals surface area (Å²) in [5.41, 5.74) is 1.43. The van der Waals surface area contributed by atoms with Crippen LogP contribution >= 0.6 is 0 Å². The van der Waals surface area contributed by atoms with Crippen molar-refractivity contribution in [3.05, 3.63) is 29.3 Å². The minimum atomic E-state index is -0.854. The maximum atomic E-state index is 11.1. The van der Waals surface area contributed by atoms with Crippen LogP contribution < -0.4 is 4.74 Å². The molecule has 1 N–H and O–H groups in total. The Morgan fingerprint density at radius 1 is 1.50 bits per heavy atom. The summed E-state index contributed by atoms with van der Waals surface area (Å²) in [5, 5.41) is 9.16. The Balaban J connectivity index is 2.26. The van der Waals surface area contributed by atoms with Crippen molar-refractivity contribution in [2.75, 3.05) is 0 Å². The average Bonchev–Trinajstić information content (AvgIpc) is 2.60. The molecule has 1 aromatic carbocycles. The third kappa shape index (κ3) is 1.66. The highest BCUT2D eigenvalue weighted by Gasteiger charge is 2.42. The molecule has 0 saturated heterocycles. The molecule has 0 radical (unpaired) electrons. The Hall–Kier alpha value is -1.51. The SMILES string of the molecule is Cc1ccc2c(c1)CC(C(C)(C)C(=O)O)O2. The zero-order valence-corrected chi connectivity index (χ0v) is 9.78. The Morgan fingerprint density at radius 2 is 2.19 bits per heavy atom. The Kier molecular flexibility index (Phi) is 2.41. The minimum Gasteiger partial charge on any atom is -0.489 e. The summed E-state index contributed by atoms with van der Waals surface area (Å²) >= 11 is 0. The largest absolute Gasteiger partial charge is 0.489 e. The van der Waals surface area contributed by atoms with Crippen LogP contribution in [-0.4, -0.2) is 17.2 Å². The Morgan fingerprint density at radius 3 is 2.81 bits per heavy atom. The number of hydrogen-bond acceptors (Lipinski definition) is 2. The van der Waals surface area contributed by atoms with Gasteiger partial charge >= 0.3 is 5.97 Å². The maximum Gasteiger partial charge on any atom is 0.312 e. The molecule has 1 aliphatic heterocycles. The number of ether oxygens (including phenoxy) is 1. The summed E-state index contributed by atoms with van der Waals surface area (Å²) in [6.45, 7) is 5.44. The van der Waals surface area contributed by atoms with Gasteiger partial charge in [0, 0.05) is 6.42 Å². The maximum absolute atomic E-state index is 11.1. The topological polar surface area (TPSA) is 46.5 Å². The van der Waals surface area contributed by atoms with E-state index in [4.69, 9.17) is 9.84 Å². The number of aryl methyl sites for hydroxylation is 1. The van der Waals surface area contributed by atoms with Gasteiger partial charge in [-0.1, -0.05) is 17.7 Å². The Labute approximate surface area is 95.0 Å². The molecular weight excluding hydrogens is 204 g/mol. The van der Waals surface area contributed by atoms with Crippen molar-refractivity contribution < 1.29 is 14.6 Å². The lowest BCUT2D eigenvalue weighted by molar-refractivity contribution is -0.151. The third-order valence-corrected chi connectivity index (χ3v) is 3.25. The van der Waals surface area contributed by atoms with E-state index in [-0.39, 0.29) is 6.10 Å². The number of aliphatic carboxylic acids is 1. The molecule has 86 valence electrons. The van der Waals surface area contributed by atoms with Gasteiger partial charge in [0.2, 0.25) is 0 Å². The van der Waals surface area contributed by atoms with Gasteiger partial charge in [0.25, 0.3) is 0 Å². The number of hydrogen-bond donors (Lipinski definition) is 1. The smallest absolute Gasteiger partial charge is 0.312 e. The van der Waals surface area contributed by atoms with Crippen LogP contribution in [0.25, 0.3) is 0 Å². The van der Waals surface area contributed by atoms with Crippen LogP contribution in [0.5, 0.6) is 5.75 Å². The van der Waals surface area contributed by atoms with Gasteiger partial charge in [-0.25, -0.2) is 0 Å². The van der Waals surface area contributed by atoms with Crippen molar-refractivity contribution in [3.8, 4) is 5.75 Å². The number of benzene rings is 1. The molecule has 0 saturated carbocycles. The molecule has 0 aliphatic carbocycles. The summed E-state index contributed by atoms with van der Waals surface area (Å²) < 4.78 is 5.71. The molecule has 16 heavy (non-hydrogen) atoms. The number of carbonyl (C=O) groups is 1. The highest BCUT2D eigenvalue weighted by molar-refractivity contribution is 5.74. The van der Waals surface area contributed by atoms with Gasteiger partial charge in [-0.05, 0) is 32.4 Å². The van der Waals surface area contributed by atoms with E-state index in [9.17, 15) is 4.79 Å². The quantitative estimate of drug-likeness (QED) is 0.832. The van der Waals surface area contributed by atoms with Crippen molar-refractivity contribution in [3.63, 3.8) is 0 Å². The van der Waals surface area contributed by atoms with Gasteiger partial charge in [0.15, 0.2) is 0 Å². The highest BCUT2D eigenvalue weighted by Crippen LogP contribution is 2.37. The van der Waals surface area contributed by atoms with Crippen molar-refractivity contribution in [1.82, 2.24) is 0 Å². The summed E-state index contributed by atoms with van der Waals surface area (Å²) in [6, 6.07) is 5.96. The van der Waals surface area contributed by atoms with E-state index >= 15 is 0 Å². The predicted octanol–water partition coefficient (Wildman–Crippen LogP) is 2.41. The van der Waals surface area contributed by atoms with E-state index in [1.165, 1.54) is 5.56 Å². The lowest BCUT2D eigenvalue weighted by Gasteiger charge is -2.25. The van der Waals surface area contributed by atoms with Gasteiger partial charge in [-0.2, -0.15) is 0 Å². The summed E-state index contributed by atoms with van der Waals surface area (Å²) in [7, 11) is 0. The molecule has 0 fully saturated rings. The standard InChI is InChI=1S/C13H16O3/c1-8-4-5-10-9(6-8)7-11(16-10)13(2,3)12(14)15/h4-6,11H,7H2,1-3H3,(H,14,15). The second kappa shape index (κ2) is 3.51. The third-order valence-electron chi connectivity index (χ3n) is 3.25. The van der Waals surface area contributed by atoms with Crippen LogP contribution in [0.3, 0.4) is 0 Å². The predicted molar refractivity (Wildman–Crippen MR) is 60.7 cm³/mol. The molecule has 2 rings (SSSR count). The molecule has 0 bridgehead atoms. The van der Waals surface area contributed by atoms with Gasteiger partial charge < -0.3 is 9.84 Å². The average molecular weight is 220 g/mol. The molecule has 1 unspecified atom stereocenters. The number of carboxylic acid groups (broad SMARTS) is 1. The second-order valence-electron chi connectivity index (χ2n) is 4.95. The fraction of sp³-hybridized carbons (Fsp3) is 0.462. The van der Waals surface area contributed by atoms with Crippen LogP contribution in [0.1, 0.15) is 25.0 Å². The fourth-order valence-electron chi connectivity index (χ4n) is 1.92. The number of rotatable bonds is 2. The molecule has 0 spiro atoms. The van der Waals surface area contributed by atoms with Gasteiger partial charge in [0.05, 0.1) is 5.41 Å². The van der Waals surface area contributed by atoms with E-state index in [1.807, 2.05) is 19.1 Å². The summed E-state index contributed by atoms with van der Waals surface area (Å²) in [5.74, 6) is 0.00644. The zero-order valence-electron chi connectivity index (χ0n) is 9.78. The fourth-order valence-corrected chi connectivity index (χ4v) is 1.92. The summed E-state index contributed by atoms with van der Waals surface area (Å²) in [6.07, 6.45) is 0.401. The lowest BCUT2D eigenvalue weighted by atomic mass is 9.84. The van der Waals surface area contributed by atoms with Gasteiger partial charge in [0.1, 0.15) is 11.9 Å². The highest BCUT2D eigenvalue weighted by atomic mass is 16.5.